The number of nitrogens with zero attached hydrogens (tertiary/aromatic N) is 1. The number of ether oxygens (including phenoxy) is 2. The second-order valence-corrected chi connectivity index (χ2v) is 16.5. The van der Waals surface area contributed by atoms with Crippen LogP contribution in [0.4, 0.5) is 0 Å². The molecule has 0 saturated heterocycles. The van der Waals surface area contributed by atoms with Gasteiger partial charge in [-0.3, -0.25) is 9.59 Å². The van der Waals surface area contributed by atoms with Gasteiger partial charge in [0.25, 0.3) is 0 Å². The number of carbonyl (C=O) groups excluding carboxylic acids is 2. The summed E-state index contributed by atoms with van der Waals surface area (Å²) in [5, 5.41) is 3.32. The lowest BCUT2D eigenvalue weighted by molar-refractivity contribution is -0.150. The number of carbonyl (C=O) groups is 2. The molecule has 0 aromatic carbocycles. The summed E-state index contributed by atoms with van der Waals surface area (Å²) in [6.07, 6.45) is 38.4. The largest absolute Gasteiger partial charge is 0.465 e. The van der Waals surface area contributed by atoms with Crippen LogP contribution in [0.2, 0.25) is 0 Å². The van der Waals surface area contributed by atoms with Gasteiger partial charge >= 0.3 is 11.9 Å². The first kappa shape index (κ1) is 48.9. The quantitative estimate of drug-likeness (QED) is 0.0498. The Kier molecular flexibility index (Phi) is 34.6. The second kappa shape index (κ2) is 36.8. The van der Waals surface area contributed by atoms with Crippen molar-refractivity contribution in [2.24, 2.45) is 11.8 Å². The lowest BCUT2D eigenvalue weighted by Crippen LogP contribution is -2.32. The molecule has 0 bridgehead atoms. The van der Waals surface area contributed by atoms with E-state index in [4.69, 9.17) is 9.47 Å². The van der Waals surface area contributed by atoms with Crippen LogP contribution in [-0.2, 0) is 19.1 Å². The van der Waals surface area contributed by atoms with Crippen LogP contribution in [0.1, 0.15) is 226 Å². The summed E-state index contributed by atoms with van der Waals surface area (Å²) in [6.45, 7) is 11.9. The Hall–Kier alpha value is -1.14. The molecule has 0 amide bonds. The summed E-state index contributed by atoms with van der Waals surface area (Å²) in [4.78, 5) is 27.5. The van der Waals surface area contributed by atoms with Crippen molar-refractivity contribution < 1.29 is 19.1 Å². The predicted molar refractivity (Wildman–Crippen MR) is 223 cm³/mol. The number of unbranched alkanes of at least 4 members (excludes halogenated alkanes) is 21. The Morgan fingerprint density at radius 3 is 1.56 bits per heavy atom. The first-order chi connectivity index (χ1) is 25.5. The van der Waals surface area contributed by atoms with Crippen LogP contribution < -0.4 is 5.32 Å². The van der Waals surface area contributed by atoms with E-state index in [-0.39, 0.29) is 18.0 Å². The molecule has 6 nitrogen and oxygen atoms in total. The number of likely N-dealkylation sites (N-methyl/N-ethyl adjacent to an activating group) is 1. The second-order valence-electron chi connectivity index (χ2n) is 16.5. The summed E-state index contributed by atoms with van der Waals surface area (Å²) in [6, 6.07) is 0. The van der Waals surface area contributed by atoms with Crippen LogP contribution >= 0.6 is 0 Å². The molecule has 2 atom stereocenters. The van der Waals surface area contributed by atoms with Crippen molar-refractivity contribution in [3.05, 3.63) is 0 Å². The van der Waals surface area contributed by atoms with Crippen LogP contribution in [0.25, 0.3) is 0 Å². The highest BCUT2D eigenvalue weighted by Crippen LogP contribution is 2.42. The molecule has 52 heavy (non-hydrogen) atoms. The number of hydrogen-bond acceptors (Lipinski definition) is 6. The maximum Gasteiger partial charge on any atom is 0.306 e. The lowest BCUT2D eigenvalue weighted by atomic mass is 10.0. The van der Waals surface area contributed by atoms with Crippen LogP contribution in [0.5, 0.6) is 0 Å². The molecule has 0 aliphatic heterocycles. The van der Waals surface area contributed by atoms with Gasteiger partial charge in [-0.05, 0) is 89.8 Å². The van der Waals surface area contributed by atoms with Crippen LogP contribution in [0.15, 0.2) is 0 Å². The fraction of sp³-hybridized carbons (Fsp3) is 0.957. The SMILES string of the molecule is CCCCCCCCC(CCCCCCCC)OC(=O)CCCCCCCN(CCCCCCCC(=O)OCC1CC1CCCCCC)CCNC. The molecular formula is C46H90N2O4. The smallest absolute Gasteiger partial charge is 0.306 e. The third kappa shape index (κ3) is 31.2. The van der Waals surface area contributed by atoms with Gasteiger partial charge in [0.15, 0.2) is 0 Å². The van der Waals surface area contributed by atoms with E-state index in [1.807, 2.05) is 7.05 Å². The van der Waals surface area contributed by atoms with E-state index in [9.17, 15) is 9.59 Å². The van der Waals surface area contributed by atoms with Gasteiger partial charge in [-0.1, -0.05) is 156 Å². The number of hydrogen-bond donors (Lipinski definition) is 1. The van der Waals surface area contributed by atoms with Crippen LogP contribution in [-0.4, -0.2) is 62.8 Å². The molecule has 0 radical (unpaired) electrons. The molecule has 308 valence electrons. The molecule has 1 saturated carbocycles. The first-order valence-electron chi connectivity index (χ1n) is 23.3. The molecule has 6 heteroatoms. The third-order valence-corrected chi connectivity index (χ3v) is 11.4. The fourth-order valence-corrected chi connectivity index (χ4v) is 7.66. The average molecular weight is 735 g/mol. The van der Waals surface area contributed by atoms with Gasteiger partial charge in [0.1, 0.15) is 6.10 Å². The lowest BCUT2D eigenvalue weighted by Gasteiger charge is -2.22. The Balaban J connectivity index is 2.11. The molecule has 1 aliphatic carbocycles. The number of rotatable bonds is 41. The van der Waals surface area contributed by atoms with E-state index < -0.39 is 0 Å². The average Bonchev–Trinajstić information content (AvgIpc) is 3.90. The van der Waals surface area contributed by atoms with Crippen molar-refractivity contribution >= 4 is 11.9 Å². The maximum absolute atomic E-state index is 12.7. The van der Waals surface area contributed by atoms with E-state index in [2.05, 4.69) is 31.0 Å². The standard InChI is InChI=1S/C46H90N2O4/c1-5-8-11-14-18-25-32-44(33-26-19-15-12-9-6-2)52-46(50)35-28-21-17-23-30-38-48(39-36-47-4)37-29-22-16-20-27-34-45(49)51-41-43-40-42(43)31-24-13-10-7-3/h42-44,47H,5-41H2,1-4H3. The monoisotopic (exact) mass is 735 g/mol. The minimum atomic E-state index is 0.0149. The highest BCUT2D eigenvalue weighted by Gasteiger charge is 2.37. The van der Waals surface area contributed by atoms with Crippen molar-refractivity contribution in [1.82, 2.24) is 10.2 Å². The predicted octanol–water partition coefficient (Wildman–Crippen LogP) is 12.8. The van der Waals surface area contributed by atoms with Crippen molar-refractivity contribution in [1.29, 1.82) is 0 Å². The third-order valence-electron chi connectivity index (χ3n) is 11.4. The number of esters is 2. The van der Waals surface area contributed by atoms with Crippen LogP contribution in [0, 0.1) is 11.8 Å². The number of nitrogens with one attached hydrogen (secondary N) is 1. The first-order valence-corrected chi connectivity index (χ1v) is 23.3. The van der Waals surface area contributed by atoms with E-state index in [0.29, 0.717) is 25.4 Å². The fourth-order valence-electron chi connectivity index (χ4n) is 7.66. The van der Waals surface area contributed by atoms with Gasteiger partial charge in [-0.2, -0.15) is 0 Å². The topological polar surface area (TPSA) is 67.9 Å². The highest BCUT2D eigenvalue weighted by atomic mass is 16.5. The summed E-state index contributed by atoms with van der Waals surface area (Å²) in [7, 11) is 2.04. The molecule has 0 aromatic heterocycles. The van der Waals surface area contributed by atoms with Gasteiger partial charge in [0.05, 0.1) is 6.61 Å². The van der Waals surface area contributed by atoms with Gasteiger partial charge < -0.3 is 19.7 Å². The summed E-state index contributed by atoms with van der Waals surface area (Å²) in [5.41, 5.74) is 0. The zero-order chi connectivity index (χ0) is 37.7. The zero-order valence-electron chi connectivity index (χ0n) is 35.5. The van der Waals surface area contributed by atoms with Gasteiger partial charge in [0.2, 0.25) is 0 Å². The minimum Gasteiger partial charge on any atom is -0.465 e. The van der Waals surface area contributed by atoms with Crippen molar-refractivity contribution in [3.63, 3.8) is 0 Å². The van der Waals surface area contributed by atoms with Gasteiger partial charge in [0, 0.05) is 25.9 Å². The molecule has 0 spiro atoms. The molecule has 1 rings (SSSR count). The van der Waals surface area contributed by atoms with E-state index in [0.717, 1.165) is 70.6 Å². The van der Waals surface area contributed by atoms with E-state index >= 15 is 0 Å². The summed E-state index contributed by atoms with van der Waals surface area (Å²) < 4.78 is 11.6. The molecule has 0 heterocycles. The molecule has 1 aliphatic rings. The highest BCUT2D eigenvalue weighted by molar-refractivity contribution is 5.69. The van der Waals surface area contributed by atoms with Gasteiger partial charge in [-0.25, -0.2) is 0 Å². The summed E-state index contributed by atoms with van der Waals surface area (Å²) >= 11 is 0. The van der Waals surface area contributed by atoms with Crippen molar-refractivity contribution in [2.75, 3.05) is 39.8 Å². The molecule has 0 aromatic rings. The summed E-state index contributed by atoms with van der Waals surface area (Å²) in [5.74, 6) is 1.51. The zero-order valence-corrected chi connectivity index (χ0v) is 35.5. The van der Waals surface area contributed by atoms with Crippen molar-refractivity contribution in [3.8, 4) is 0 Å². The van der Waals surface area contributed by atoms with Gasteiger partial charge in [-0.15, -0.1) is 0 Å². The Morgan fingerprint density at radius 2 is 1.02 bits per heavy atom. The molecular weight excluding hydrogens is 645 g/mol. The Labute approximate surface area is 324 Å². The van der Waals surface area contributed by atoms with Crippen LogP contribution in [0.3, 0.4) is 0 Å². The molecule has 2 unspecified atom stereocenters. The molecule has 1 N–H and O–H groups in total. The minimum absolute atomic E-state index is 0.0149. The Morgan fingerprint density at radius 1 is 0.558 bits per heavy atom. The normalized spacial score (nSPS) is 15.5. The van der Waals surface area contributed by atoms with E-state index in [1.54, 1.807) is 0 Å². The molecule has 1 fully saturated rings. The Bertz CT molecular complexity index is 776. The van der Waals surface area contributed by atoms with Crippen molar-refractivity contribution in [2.45, 2.75) is 232 Å². The van der Waals surface area contributed by atoms with E-state index in [1.165, 1.54) is 154 Å². The maximum atomic E-state index is 12.7.